The maximum Gasteiger partial charge on any atom is 0.315 e. The second-order valence-electron chi connectivity index (χ2n) is 6.13. The first-order chi connectivity index (χ1) is 14.0. The molecule has 0 bridgehead atoms. The van der Waals surface area contributed by atoms with E-state index in [-0.39, 0.29) is 30.3 Å². The van der Waals surface area contributed by atoms with Gasteiger partial charge in [-0.05, 0) is 24.3 Å². The number of aromatic nitrogens is 1. The molecular weight excluding hydrogens is 380 g/mol. The molecule has 150 valence electrons. The number of hydrogen-bond acceptors (Lipinski definition) is 4. The molecule has 1 atom stereocenters. The Morgan fingerprint density at radius 1 is 1.07 bits per heavy atom. The third-order valence-corrected chi connectivity index (χ3v) is 4.02. The molecule has 0 radical (unpaired) electrons. The van der Waals surface area contributed by atoms with E-state index in [4.69, 9.17) is 4.74 Å². The molecule has 0 aliphatic carbocycles. The van der Waals surface area contributed by atoms with Crippen molar-refractivity contribution < 1.29 is 23.4 Å². The average molecular weight is 399 g/mol. The van der Waals surface area contributed by atoms with Crippen LogP contribution in [-0.4, -0.2) is 22.7 Å². The fourth-order valence-electron chi connectivity index (χ4n) is 2.58. The van der Waals surface area contributed by atoms with E-state index in [9.17, 15) is 18.7 Å². The van der Waals surface area contributed by atoms with Gasteiger partial charge in [0, 0.05) is 36.5 Å². The molecule has 2 amide bonds. The van der Waals surface area contributed by atoms with Gasteiger partial charge in [-0.2, -0.15) is 0 Å². The van der Waals surface area contributed by atoms with E-state index >= 15 is 0 Å². The Morgan fingerprint density at radius 3 is 2.69 bits per heavy atom. The lowest BCUT2D eigenvalue weighted by molar-refractivity contribution is 0.169. The lowest BCUT2D eigenvalue weighted by atomic mass is 10.1. The third-order valence-electron chi connectivity index (χ3n) is 4.02. The molecule has 6 nitrogen and oxygen atoms in total. The van der Waals surface area contributed by atoms with Gasteiger partial charge in [0.15, 0.2) is 0 Å². The van der Waals surface area contributed by atoms with Crippen molar-refractivity contribution in [1.82, 2.24) is 15.6 Å². The molecule has 0 saturated carbocycles. The highest BCUT2D eigenvalue weighted by Crippen LogP contribution is 2.23. The largest absolute Gasteiger partial charge is 0.439 e. The van der Waals surface area contributed by atoms with E-state index in [2.05, 4.69) is 15.6 Å². The number of halogens is 2. The number of ether oxygens (including phenoxy) is 1. The lowest BCUT2D eigenvalue weighted by Crippen LogP contribution is -2.37. The zero-order valence-electron chi connectivity index (χ0n) is 15.3. The Kier molecular flexibility index (Phi) is 6.70. The van der Waals surface area contributed by atoms with Crippen molar-refractivity contribution in [3.05, 3.63) is 89.6 Å². The fraction of sp³-hybridized carbons (Fsp3) is 0.143. The molecule has 8 heteroatoms. The SMILES string of the molecule is O=C(NCc1cccnc1Oc1cccc(F)c1)NCC(O)c1ccccc1F. The summed E-state index contributed by atoms with van der Waals surface area (Å²) in [5, 5.41) is 15.1. The van der Waals surface area contributed by atoms with Crippen LogP contribution in [0.2, 0.25) is 0 Å². The number of amides is 2. The highest BCUT2D eigenvalue weighted by molar-refractivity contribution is 5.73. The lowest BCUT2D eigenvalue weighted by Gasteiger charge is -2.14. The number of pyridine rings is 1. The minimum Gasteiger partial charge on any atom is -0.439 e. The number of urea groups is 1. The van der Waals surface area contributed by atoms with Gasteiger partial charge in [-0.1, -0.05) is 30.3 Å². The summed E-state index contributed by atoms with van der Waals surface area (Å²) in [5.74, 6) is -0.477. The van der Waals surface area contributed by atoms with Crippen molar-refractivity contribution >= 4 is 6.03 Å². The van der Waals surface area contributed by atoms with E-state index in [1.54, 1.807) is 24.3 Å². The van der Waals surface area contributed by atoms with Crippen molar-refractivity contribution in [2.24, 2.45) is 0 Å². The van der Waals surface area contributed by atoms with Gasteiger partial charge in [0.05, 0.1) is 6.10 Å². The summed E-state index contributed by atoms with van der Waals surface area (Å²) in [6.45, 7) is -0.0768. The van der Waals surface area contributed by atoms with Crippen LogP contribution in [0, 0.1) is 11.6 Å². The molecule has 0 saturated heterocycles. The topological polar surface area (TPSA) is 83.5 Å². The van der Waals surface area contributed by atoms with E-state index in [0.29, 0.717) is 5.56 Å². The van der Waals surface area contributed by atoms with Gasteiger partial charge in [0.1, 0.15) is 17.4 Å². The predicted molar refractivity (Wildman–Crippen MR) is 102 cm³/mol. The molecule has 0 spiro atoms. The van der Waals surface area contributed by atoms with Crippen molar-refractivity contribution in [3.8, 4) is 11.6 Å². The Morgan fingerprint density at radius 2 is 1.90 bits per heavy atom. The van der Waals surface area contributed by atoms with E-state index in [1.165, 1.54) is 42.6 Å². The smallest absolute Gasteiger partial charge is 0.315 e. The Balaban J connectivity index is 1.54. The second kappa shape index (κ2) is 9.61. The molecule has 1 aromatic heterocycles. The number of nitrogens with one attached hydrogen (secondary N) is 2. The first-order valence-electron chi connectivity index (χ1n) is 8.84. The van der Waals surface area contributed by atoms with Crippen molar-refractivity contribution in [2.75, 3.05) is 6.54 Å². The first kappa shape index (κ1) is 20.2. The number of rotatable bonds is 7. The number of nitrogens with zero attached hydrogens (tertiary/aromatic N) is 1. The van der Waals surface area contributed by atoms with Crippen LogP contribution in [0.15, 0.2) is 66.9 Å². The fourth-order valence-corrected chi connectivity index (χ4v) is 2.58. The maximum absolute atomic E-state index is 13.6. The standard InChI is InChI=1S/C21H19F2N3O3/c22-15-6-3-7-16(11-15)29-20-14(5-4-10-24-20)12-25-21(28)26-13-19(27)17-8-1-2-9-18(17)23/h1-11,19,27H,12-13H2,(H2,25,26,28). The summed E-state index contributed by atoms with van der Waals surface area (Å²) >= 11 is 0. The number of carbonyl (C=O) groups excluding carboxylic acids is 1. The number of aliphatic hydroxyl groups excluding tert-OH is 1. The molecule has 3 rings (SSSR count). The van der Waals surface area contributed by atoms with E-state index in [0.717, 1.165) is 0 Å². The number of carbonyl (C=O) groups is 1. The summed E-state index contributed by atoms with van der Waals surface area (Å²) < 4.78 is 32.5. The van der Waals surface area contributed by atoms with Crippen molar-refractivity contribution in [1.29, 1.82) is 0 Å². The molecule has 3 N–H and O–H groups in total. The normalized spacial score (nSPS) is 11.6. The molecule has 2 aromatic carbocycles. The molecule has 3 aromatic rings. The van der Waals surface area contributed by atoms with Gasteiger partial charge in [-0.3, -0.25) is 0 Å². The molecular formula is C21H19F2N3O3. The second-order valence-corrected chi connectivity index (χ2v) is 6.13. The molecule has 29 heavy (non-hydrogen) atoms. The Labute approximate surface area is 166 Å². The van der Waals surface area contributed by atoms with Crippen LogP contribution in [0.1, 0.15) is 17.2 Å². The van der Waals surface area contributed by atoms with Crippen LogP contribution in [0.5, 0.6) is 11.6 Å². The van der Waals surface area contributed by atoms with Gasteiger partial charge >= 0.3 is 6.03 Å². The summed E-state index contributed by atoms with van der Waals surface area (Å²) in [5.41, 5.74) is 0.674. The third kappa shape index (κ3) is 5.73. The zero-order valence-corrected chi connectivity index (χ0v) is 15.3. The maximum atomic E-state index is 13.6. The number of hydrogen-bond donors (Lipinski definition) is 3. The van der Waals surface area contributed by atoms with Crippen LogP contribution < -0.4 is 15.4 Å². The van der Waals surface area contributed by atoms with Crippen LogP contribution in [0.4, 0.5) is 13.6 Å². The molecule has 1 unspecified atom stereocenters. The van der Waals surface area contributed by atoms with E-state index < -0.39 is 23.8 Å². The van der Waals surface area contributed by atoms with E-state index in [1.807, 2.05) is 0 Å². The monoisotopic (exact) mass is 399 g/mol. The molecule has 1 heterocycles. The van der Waals surface area contributed by atoms with Crippen molar-refractivity contribution in [3.63, 3.8) is 0 Å². The van der Waals surface area contributed by atoms with Gasteiger partial charge in [0.2, 0.25) is 5.88 Å². The van der Waals surface area contributed by atoms with Gasteiger partial charge in [0.25, 0.3) is 0 Å². The highest BCUT2D eigenvalue weighted by Gasteiger charge is 2.14. The van der Waals surface area contributed by atoms with Crippen LogP contribution >= 0.6 is 0 Å². The molecule has 0 fully saturated rings. The first-order valence-corrected chi connectivity index (χ1v) is 8.84. The number of benzene rings is 2. The predicted octanol–water partition coefficient (Wildman–Crippen LogP) is 3.68. The molecule has 0 aliphatic rings. The molecule has 0 aliphatic heterocycles. The average Bonchev–Trinajstić information content (AvgIpc) is 2.72. The minimum atomic E-state index is -1.17. The van der Waals surface area contributed by atoms with Gasteiger partial charge in [-0.25, -0.2) is 18.6 Å². The quantitative estimate of drug-likeness (QED) is 0.566. The Hall–Kier alpha value is -3.52. The van der Waals surface area contributed by atoms with Gasteiger partial charge < -0.3 is 20.5 Å². The summed E-state index contributed by atoms with van der Waals surface area (Å²) in [6, 6.07) is 14.3. The number of aliphatic hydroxyl groups is 1. The zero-order chi connectivity index (χ0) is 20.6. The Bertz CT molecular complexity index is 985. The minimum absolute atomic E-state index is 0.0834. The summed E-state index contributed by atoms with van der Waals surface area (Å²) in [4.78, 5) is 16.1. The highest BCUT2D eigenvalue weighted by atomic mass is 19.1. The van der Waals surface area contributed by atoms with Gasteiger partial charge in [-0.15, -0.1) is 0 Å². The summed E-state index contributed by atoms with van der Waals surface area (Å²) in [7, 11) is 0. The van der Waals surface area contributed by atoms with Crippen LogP contribution in [0.3, 0.4) is 0 Å². The van der Waals surface area contributed by atoms with Crippen LogP contribution in [-0.2, 0) is 6.54 Å². The van der Waals surface area contributed by atoms with Crippen molar-refractivity contribution in [2.45, 2.75) is 12.6 Å². The van der Waals surface area contributed by atoms with Crippen LogP contribution in [0.25, 0.3) is 0 Å². The summed E-state index contributed by atoms with van der Waals surface area (Å²) in [6.07, 6.45) is 0.343.